The number of carbonyl (C=O) groups is 1. The first-order chi connectivity index (χ1) is 7.45. The molecule has 1 unspecified atom stereocenters. The summed E-state index contributed by atoms with van der Waals surface area (Å²) in [4.78, 5) is 11.1. The molecule has 0 aliphatic rings. The molecule has 0 saturated carbocycles. The van der Waals surface area contributed by atoms with E-state index in [1.165, 1.54) is 6.92 Å². The first kappa shape index (κ1) is 12.5. The van der Waals surface area contributed by atoms with Gasteiger partial charge in [-0.2, -0.15) is 0 Å². The van der Waals surface area contributed by atoms with Crippen molar-refractivity contribution in [3.8, 4) is 5.75 Å². The van der Waals surface area contributed by atoms with Crippen LogP contribution in [0.15, 0.2) is 18.2 Å². The molecule has 1 atom stereocenters. The van der Waals surface area contributed by atoms with E-state index in [1.807, 2.05) is 6.92 Å². The first-order valence-corrected chi connectivity index (χ1v) is 4.95. The van der Waals surface area contributed by atoms with Gasteiger partial charge in [0.2, 0.25) is 0 Å². The lowest BCUT2D eigenvalue weighted by molar-refractivity contribution is -0.144. The Hall–Kier alpha value is -1.55. The predicted octanol–water partition coefficient (Wildman–Crippen LogP) is 1.34. The van der Waals surface area contributed by atoms with Gasteiger partial charge >= 0.3 is 5.97 Å². The van der Waals surface area contributed by atoms with E-state index in [-0.39, 0.29) is 0 Å². The molecule has 0 bridgehead atoms. The monoisotopic (exact) mass is 224 g/mol. The van der Waals surface area contributed by atoms with Gasteiger partial charge in [-0.1, -0.05) is 12.1 Å². The predicted molar refractivity (Wildman–Crippen MR) is 59.8 cm³/mol. The molecule has 0 radical (unpaired) electrons. The minimum absolute atomic E-state index is 0.436. The van der Waals surface area contributed by atoms with Crippen molar-refractivity contribution in [3.05, 3.63) is 29.3 Å². The third kappa shape index (κ3) is 2.02. The second-order valence-electron chi connectivity index (χ2n) is 3.98. The molecule has 1 rings (SSSR count). The number of hydrogen-bond acceptors (Lipinski definition) is 3. The molecule has 88 valence electrons. The summed E-state index contributed by atoms with van der Waals surface area (Å²) < 4.78 is 5.10. The molecule has 16 heavy (non-hydrogen) atoms. The lowest BCUT2D eigenvalue weighted by Gasteiger charge is -2.23. The van der Waals surface area contributed by atoms with E-state index in [0.717, 1.165) is 5.56 Å². The average molecular weight is 224 g/mol. The zero-order valence-corrected chi connectivity index (χ0v) is 9.65. The van der Waals surface area contributed by atoms with E-state index in [4.69, 9.17) is 9.84 Å². The topological polar surface area (TPSA) is 66.8 Å². The standard InChI is InChI=1S/C12H16O4/c1-8-6-9(4-5-10(8)16-3)12(2,7-13)11(14)15/h4-6,13H,7H2,1-3H3,(H,14,15). The number of aliphatic hydroxyl groups excluding tert-OH is 1. The van der Waals surface area contributed by atoms with Crippen LogP contribution in [0.2, 0.25) is 0 Å². The number of rotatable bonds is 4. The van der Waals surface area contributed by atoms with E-state index in [0.29, 0.717) is 11.3 Å². The van der Waals surface area contributed by atoms with Gasteiger partial charge < -0.3 is 14.9 Å². The fourth-order valence-corrected chi connectivity index (χ4v) is 1.50. The summed E-state index contributed by atoms with van der Waals surface area (Å²) in [5.41, 5.74) is 0.151. The number of aryl methyl sites for hydroxylation is 1. The van der Waals surface area contributed by atoms with E-state index in [2.05, 4.69) is 0 Å². The van der Waals surface area contributed by atoms with Gasteiger partial charge in [0.15, 0.2) is 0 Å². The van der Waals surface area contributed by atoms with E-state index in [9.17, 15) is 9.90 Å². The highest BCUT2D eigenvalue weighted by Gasteiger charge is 2.34. The van der Waals surface area contributed by atoms with Crippen molar-refractivity contribution in [1.29, 1.82) is 0 Å². The second-order valence-corrected chi connectivity index (χ2v) is 3.98. The van der Waals surface area contributed by atoms with Crippen molar-refractivity contribution in [2.45, 2.75) is 19.3 Å². The Morgan fingerprint density at radius 2 is 2.12 bits per heavy atom. The number of aliphatic hydroxyl groups is 1. The lowest BCUT2D eigenvalue weighted by atomic mass is 9.82. The van der Waals surface area contributed by atoms with Crippen LogP contribution >= 0.6 is 0 Å². The summed E-state index contributed by atoms with van der Waals surface area (Å²) in [6.45, 7) is 2.90. The van der Waals surface area contributed by atoms with E-state index >= 15 is 0 Å². The SMILES string of the molecule is COc1ccc(C(C)(CO)C(=O)O)cc1C. The summed E-state index contributed by atoms with van der Waals surface area (Å²) in [6.07, 6.45) is 0. The van der Waals surface area contributed by atoms with Crippen LogP contribution in [0, 0.1) is 6.92 Å². The van der Waals surface area contributed by atoms with Crippen molar-refractivity contribution in [3.63, 3.8) is 0 Å². The Morgan fingerprint density at radius 3 is 2.50 bits per heavy atom. The van der Waals surface area contributed by atoms with Gasteiger partial charge in [-0.25, -0.2) is 0 Å². The Balaban J connectivity index is 3.23. The number of carboxylic acid groups (broad SMARTS) is 1. The highest BCUT2D eigenvalue weighted by Crippen LogP contribution is 2.28. The molecular weight excluding hydrogens is 208 g/mol. The number of benzene rings is 1. The van der Waals surface area contributed by atoms with Gasteiger partial charge in [0.05, 0.1) is 13.7 Å². The minimum Gasteiger partial charge on any atom is -0.496 e. The number of carboxylic acids is 1. The van der Waals surface area contributed by atoms with Gasteiger partial charge in [0, 0.05) is 0 Å². The number of hydrogen-bond donors (Lipinski definition) is 2. The maximum atomic E-state index is 11.1. The Morgan fingerprint density at radius 1 is 1.50 bits per heavy atom. The second kappa shape index (κ2) is 4.53. The van der Waals surface area contributed by atoms with Crippen LogP contribution in [0.5, 0.6) is 5.75 Å². The minimum atomic E-state index is -1.27. The van der Waals surface area contributed by atoms with E-state index < -0.39 is 18.0 Å². The van der Waals surface area contributed by atoms with Crippen LogP contribution in [0.4, 0.5) is 0 Å². The van der Waals surface area contributed by atoms with Crippen molar-refractivity contribution in [1.82, 2.24) is 0 Å². The zero-order chi connectivity index (χ0) is 12.3. The molecule has 0 aliphatic heterocycles. The number of aliphatic carboxylic acids is 1. The third-order valence-corrected chi connectivity index (χ3v) is 2.82. The molecule has 1 aromatic carbocycles. The highest BCUT2D eigenvalue weighted by atomic mass is 16.5. The molecule has 0 fully saturated rings. The van der Waals surface area contributed by atoms with Gasteiger partial charge in [0.25, 0.3) is 0 Å². The van der Waals surface area contributed by atoms with Crippen molar-refractivity contribution in [2.75, 3.05) is 13.7 Å². The molecule has 0 aromatic heterocycles. The number of ether oxygens (including phenoxy) is 1. The molecule has 0 spiro atoms. The fourth-order valence-electron chi connectivity index (χ4n) is 1.50. The van der Waals surface area contributed by atoms with Gasteiger partial charge in [-0.05, 0) is 31.0 Å². The molecular formula is C12H16O4. The molecule has 4 nitrogen and oxygen atoms in total. The quantitative estimate of drug-likeness (QED) is 0.809. The van der Waals surface area contributed by atoms with Crippen LogP contribution in [0.25, 0.3) is 0 Å². The number of methoxy groups -OCH3 is 1. The lowest BCUT2D eigenvalue weighted by Crippen LogP contribution is -2.36. The molecule has 0 aliphatic carbocycles. The van der Waals surface area contributed by atoms with Gasteiger partial charge in [-0.3, -0.25) is 4.79 Å². The maximum absolute atomic E-state index is 11.1. The molecule has 0 saturated heterocycles. The first-order valence-electron chi connectivity index (χ1n) is 4.95. The Labute approximate surface area is 94.5 Å². The van der Waals surface area contributed by atoms with Crippen molar-refractivity contribution < 1.29 is 19.7 Å². The largest absolute Gasteiger partial charge is 0.496 e. The molecule has 0 heterocycles. The summed E-state index contributed by atoms with van der Waals surface area (Å²) in [6, 6.07) is 5.10. The third-order valence-electron chi connectivity index (χ3n) is 2.82. The summed E-state index contributed by atoms with van der Waals surface area (Å²) in [5, 5.41) is 18.3. The van der Waals surface area contributed by atoms with Crippen LogP contribution in [0.3, 0.4) is 0 Å². The van der Waals surface area contributed by atoms with Crippen LogP contribution in [-0.4, -0.2) is 29.9 Å². The fraction of sp³-hybridized carbons (Fsp3) is 0.417. The zero-order valence-electron chi connectivity index (χ0n) is 9.65. The highest BCUT2D eigenvalue weighted by molar-refractivity contribution is 5.81. The van der Waals surface area contributed by atoms with Crippen LogP contribution < -0.4 is 4.74 Å². The molecule has 0 amide bonds. The smallest absolute Gasteiger partial charge is 0.316 e. The Kier molecular flexibility index (Phi) is 3.55. The van der Waals surface area contributed by atoms with Crippen molar-refractivity contribution in [2.24, 2.45) is 0 Å². The van der Waals surface area contributed by atoms with E-state index in [1.54, 1.807) is 25.3 Å². The average Bonchev–Trinajstić information content (AvgIpc) is 2.27. The molecule has 2 N–H and O–H groups in total. The van der Waals surface area contributed by atoms with Gasteiger partial charge in [-0.15, -0.1) is 0 Å². The summed E-state index contributed by atoms with van der Waals surface area (Å²) >= 11 is 0. The van der Waals surface area contributed by atoms with Crippen LogP contribution in [0.1, 0.15) is 18.1 Å². The summed E-state index contributed by atoms with van der Waals surface area (Å²) in [5.74, 6) is -0.339. The van der Waals surface area contributed by atoms with Crippen molar-refractivity contribution >= 4 is 5.97 Å². The summed E-state index contributed by atoms with van der Waals surface area (Å²) in [7, 11) is 1.56. The van der Waals surface area contributed by atoms with Gasteiger partial charge in [0.1, 0.15) is 11.2 Å². The molecule has 1 aromatic rings. The van der Waals surface area contributed by atoms with Crippen LogP contribution in [-0.2, 0) is 10.2 Å². The molecule has 4 heteroatoms. The maximum Gasteiger partial charge on any atom is 0.316 e. The normalized spacial score (nSPS) is 14.2. The Bertz CT molecular complexity index is 400.